The SMILES string of the molecule is CS(=O)(=O)C(O)CN1CCC1. The smallest absolute Gasteiger partial charge is 0.175 e. The molecule has 1 heterocycles. The maximum Gasteiger partial charge on any atom is 0.175 e. The van der Waals surface area contributed by atoms with Gasteiger partial charge in [-0.25, -0.2) is 8.42 Å². The van der Waals surface area contributed by atoms with Crippen LogP contribution in [0.2, 0.25) is 0 Å². The van der Waals surface area contributed by atoms with Crippen LogP contribution in [-0.4, -0.2) is 49.8 Å². The lowest BCUT2D eigenvalue weighted by Gasteiger charge is -2.31. The fraction of sp³-hybridized carbons (Fsp3) is 1.00. The Morgan fingerprint density at radius 1 is 1.55 bits per heavy atom. The van der Waals surface area contributed by atoms with Crippen LogP contribution in [0.15, 0.2) is 0 Å². The molecule has 11 heavy (non-hydrogen) atoms. The van der Waals surface area contributed by atoms with E-state index in [1.165, 1.54) is 0 Å². The molecule has 5 heteroatoms. The molecular formula is C6H13NO3S. The maximum atomic E-state index is 10.7. The zero-order valence-corrected chi connectivity index (χ0v) is 7.34. The van der Waals surface area contributed by atoms with Crippen molar-refractivity contribution in [3.8, 4) is 0 Å². The highest BCUT2D eigenvalue weighted by Gasteiger charge is 2.23. The number of hydrogen-bond donors (Lipinski definition) is 1. The van der Waals surface area contributed by atoms with Gasteiger partial charge < -0.3 is 5.11 Å². The monoisotopic (exact) mass is 179 g/mol. The van der Waals surface area contributed by atoms with E-state index in [0.29, 0.717) is 0 Å². The number of hydrogen-bond acceptors (Lipinski definition) is 4. The van der Waals surface area contributed by atoms with E-state index in [1.807, 2.05) is 4.90 Å². The molecule has 66 valence electrons. The van der Waals surface area contributed by atoms with Gasteiger partial charge in [0.25, 0.3) is 0 Å². The van der Waals surface area contributed by atoms with Crippen LogP contribution in [0.5, 0.6) is 0 Å². The molecule has 0 aliphatic carbocycles. The number of β-amino-alcohol motifs (C(OH)–C–C–N with tert-alkyl or cyclic N) is 1. The van der Waals surface area contributed by atoms with Gasteiger partial charge in [0, 0.05) is 12.8 Å². The number of sulfone groups is 1. The van der Waals surface area contributed by atoms with Crippen molar-refractivity contribution in [2.45, 2.75) is 11.9 Å². The first kappa shape index (κ1) is 8.96. The van der Waals surface area contributed by atoms with Gasteiger partial charge in [0.2, 0.25) is 0 Å². The minimum Gasteiger partial charge on any atom is -0.376 e. The van der Waals surface area contributed by atoms with Crippen molar-refractivity contribution in [2.75, 3.05) is 25.9 Å². The summed E-state index contributed by atoms with van der Waals surface area (Å²) in [6.07, 6.45) is 2.16. The fourth-order valence-corrected chi connectivity index (χ4v) is 1.40. The molecule has 0 bridgehead atoms. The van der Waals surface area contributed by atoms with E-state index < -0.39 is 15.3 Å². The van der Waals surface area contributed by atoms with Gasteiger partial charge in [0.05, 0.1) is 0 Å². The number of aliphatic hydroxyl groups excluding tert-OH is 1. The van der Waals surface area contributed by atoms with E-state index in [9.17, 15) is 8.42 Å². The predicted molar refractivity (Wildman–Crippen MR) is 41.9 cm³/mol. The molecule has 1 fully saturated rings. The Morgan fingerprint density at radius 2 is 2.09 bits per heavy atom. The number of nitrogens with zero attached hydrogens (tertiary/aromatic N) is 1. The topological polar surface area (TPSA) is 57.6 Å². The van der Waals surface area contributed by atoms with E-state index >= 15 is 0 Å². The van der Waals surface area contributed by atoms with Gasteiger partial charge >= 0.3 is 0 Å². The van der Waals surface area contributed by atoms with Crippen LogP contribution in [0.1, 0.15) is 6.42 Å². The number of likely N-dealkylation sites (tertiary alicyclic amines) is 1. The molecule has 1 unspecified atom stereocenters. The van der Waals surface area contributed by atoms with Gasteiger partial charge in [-0.3, -0.25) is 4.90 Å². The molecule has 0 aromatic rings. The van der Waals surface area contributed by atoms with Crippen molar-refractivity contribution in [3.63, 3.8) is 0 Å². The molecule has 1 aliphatic rings. The number of rotatable bonds is 3. The van der Waals surface area contributed by atoms with Crippen LogP contribution in [0.4, 0.5) is 0 Å². The third-order valence-electron chi connectivity index (χ3n) is 1.86. The molecule has 1 rings (SSSR count). The molecule has 0 spiro atoms. The van der Waals surface area contributed by atoms with E-state index in [4.69, 9.17) is 5.11 Å². The molecule has 1 atom stereocenters. The lowest BCUT2D eigenvalue weighted by atomic mass is 10.2. The van der Waals surface area contributed by atoms with Crippen molar-refractivity contribution < 1.29 is 13.5 Å². The summed E-state index contributed by atoms with van der Waals surface area (Å²) in [5.74, 6) is 0. The van der Waals surface area contributed by atoms with Crippen molar-refractivity contribution in [1.82, 2.24) is 4.90 Å². The first-order valence-corrected chi connectivity index (χ1v) is 5.55. The van der Waals surface area contributed by atoms with E-state index in [-0.39, 0.29) is 6.54 Å². The van der Waals surface area contributed by atoms with Gasteiger partial charge in [-0.2, -0.15) is 0 Å². The van der Waals surface area contributed by atoms with Crippen molar-refractivity contribution in [3.05, 3.63) is 0 Å². The molecule has 1 aliphatic heterocycles. The second-order valence-corrected chi connectivity index (χ2v) is 5.14. The Balaban J connectivity index is 2.36. The first-order valence-electron chi connectivity index (χ1n) is 3.59. The predicted octanol–water partition coefficient (Wildman–Crippen LogP) is -0.945. The average molecular weight is 179 g/mol. The summed E-state index contributed by atoms with van der Waals surface area (Å²) in [6, 6.07) is 0. The molecular weight excluding hydrogens is 166 g/mol. The second-order valence-electron chi connectivity index (χ2n) is 2.94. The van der Waals surface area contributed by atoms with Crippen molar-refractivity contribution in [1.29, 1.82) is 0 Å². The van der Waals surface area contributed by atoms with Crippen LogP contribution in [0, 0.1) is 0 Å². The Labute approximate surface area is 66.7 Å². The van der Waals surface area contributed by atoms with E-state index in [0.717, 1.165) is 25.8 Å². The third kappa shape index (κ3) is 2.43. The van der Waals surface area contributed by atoms with Crippen molar-refractivity contribution in [2.24, 2.45) is 0 Å². The molecule has 0 saturated carbocycles. The highest BCUT2D eigenvalue weighted by atomic mass is 32.2. The summed E-state index contributed by atoms with van der Waals surface area (Å²) in [4.78, 5) is 1.92. The summed E-state index contributed by atoms with van der Waals surface area (Å²) < 4.78 is 21.5. The minimum absolute atomic E-state index is 0.263. The Kier molecular flexibility index (Phi) is 2.51. The van der Waals surface area contributed by atoms with E-state index in [2.05, 4.69) is 0 Å². The maximum absolute atomic E-state index is 10.7. The highest BCUT2D eigenvalue weighted by Crippen LogP contribution is 2.08. The summed E-state index contributed by atoms with van der Waals surface area (Å²) in [5, 5.41) is 9.09. The summed E-state index contributed by atoms with van der Waals surface area (Å²) >= 11 is 0. The van der Waals surface area contributed by atoms with Crippen LogP contribution < -0.4 is 0 Å². The van der Waals surface area contributed by atoms with Crippen LogP contribution in [0.25, 0.3) is 0 Å². The summed E-state index contributed by atoms with van der Waals surface area (Å²) in [5.41, 5.74) is -1.21. The normalized spacial score (nSPS) is 22.7. The molecule has 0 radical (unpaired) electrons. The summed E-state index contributed by atoms with van der Waals surface area (Å²) in [7, 11) is -3.26. The zero-order valence-electron chi connectivity index (χ0n) is 6.52. The van der Waals surface area contributed by atoms with Crippen LogP contribution >= 0.6 is 0 Å². The second kappa shape index (κ2) is 3.08. The third-order valence-corrected chi connectivity index (χ3v) is 2.99. The Hall–Kier alpha value is -0.130. The van der Waals surface area contributed by atoms with Gasteiger partial charge in [0.15, 0.2) is 15.3 Å². The zero-order chi connectivity index (χ0) is 8.48. The first-order chi connectivity index (χ1) is 5.00. The Morgan fingerprint density at radius 3 is 2.36 bits per heavy atom. The number of aliphatic hydroxyl groups is 1. The Bertz CT molecular complexity index is 220. The van der Waals surface area contributed by atoms with E-state index in [1.54, 1.807) is 0 Å². The molecule has 0 amide bonds. The highest BCUT2D eigenvalue weighted by molar-refractivity contribution is 7.91. The minimum atomic E-state index is -3.26. The van der Waals surface area contributed by atoms with Gasteiger partial charge in [0.1, 0.15) is 0 Å². The molecule has 1 saturated heterocycles. The lowest BCUT2D eigenvalue weighted by Crippen LogP contribution is -2.44. The largest absolute Gasteiger partial charge is 0.376 e. The van der Waals surface area contributed by atoms with Gasteiger partial charge in [-0.05, 0) is 19.5 Å². The molecule has 4 nitrogen and oxygen atoms in total. The molecule has 0 aromatic carbocycles. The molecule has 0 aromatic heterocycles. The molecule has 1 N–H and O–H groups in total. The quantitative estimate of drug-likeness (QED) is 0.607. The fourth-order valence-electron chi connectivity index (χ4n) is 0.921. The standard InChI is InChI=1S/C6H13NO3S/c1-11(9,10)6(8)5-7-3-2-4-7/h6,8H,2-5H2,1H3. The van der Waals surface area contributed by atoms with Crippen LogP contribution in [0.3, 0.4) is 0 Å². The van der Waals surface area contributed by atoms with Crippen LogP contribution in [-0.2, 0) is 9.84 Å². The van der Waals surface area contributed by atoms with Crippen molar-refractivity contribution >= 4 is 9.84 Å². The van der Waals surface area contributed by atoms with Gasteiger partial charge in [-0.1, -0.05) is 0 Å². The lowest BCUT2D eigenvalue weighted by molar-refractivity contribution is 0.119. The summed E-state index contributed by atoms with van der Waals surface area (Å²) in [6.45, 7) is 2.08. The van der Waals surface area contributed by atoms with Gasteiger partial charge in [-0.15, -0.1) is 0 Å². The average Bonchev–Trinajstić information content (AvgIpc) is 1.75.